The maximum Gasteiger partial charge on any atom is 0.355 e. The van der Waals surface area contributed by atoms with E-state index in [1.54, 1.807) is 6.07 Å². The number of aromatic carboxylic acids is 1. The van der Waals surface area contributed by atoms with Crippen LogP contribution >= 0.6 is 11.6 Å². The average Bonchev–Trinajstić information content (AvgIpc) is 2.26. The molecule has 0 aliphatic heterocycles. The molecule has 0 amide bonds. The van der Waals surface area contributed by atoms with E-state index in [2.05, 4.69) is 4.98 Å². The van der Waals surface area contributed by atoms with Crippen molar-refractivity contribution in [3.05, 3.63) is 28.6 Å². The highest BCUT2D eigenvalue weighted by atomic mass is 35.5. The maximum absolute atomic E-state index is 12.6. The lowest BCUT2D eigenvalue weighted by molar-refractivity contribution is 0.0676. The van der Waals surface area contributed by atoms with Crippen molar-refractivity contribution < 1.29 is 18.7 Å². The van der Waals surface area contributed by atoms with Crippen LogP contribution in [0.4, 0.5) is 8.78 Å². The third-order valence-electron chi connectivity index (χ3n) is 1.82. The third-order valence-corrected chi connectivity index (χ3v) is 2.11. The quantitative estimate of drug-likeness (QED) is 0.831. The van der Waals surface area contributed by atoms with E-state index < -0.39 is 23.7 Å². The van der Waals surface area contributed by atoms with Crippen LogP contribution in [0.1, 0.15) is 33.7 Å². The molecule has 0 bridgehead atoms. The molecular weight excluding hydrogens is 242 g/mol. The molecule has 0 spiro atoms. The lowest BCUT2D eigenvalue weighted by atomic mass is 10.1. The number of hydrogen-bond donors (Lipinski definition) is 1. The van der Waals surface area contributed by atoms with Crippen LogP contribution in [0.3, 0.4) is 0 Å². The molecule has 1 N–H and O–H groups in total. The fraction of sp³-hybridized carbons (Fsp3) is 0.222. The van der Waals surface area contributed by atoms with Crippen molar-refractivity contribution in [2.24, 2.45) is 0 Å². The standard InChI is InChI=1S/C9H5ClF2N2O2/c10-2-4-1-5(3-13)14-7(9(15)16)6(4)8(11)12/h1,8H,2H2,(H,15,16). The Labute approximate surface area is 94.1 Å². The van der Waals surface area contributed by atoms with Crippen LogP contribution in [0.2, 0.25) is 0 Å². The Bertz CT molecular complexity index is 471. The van der Waals surface area contributed by atoms with E-state index >= 15 is 0 Å². The number of nitriles is 1. The maximum atomic E-state index is 12.6. The minimum atomic E-state index is -3.00. The Kier molecular flexibility index (Phi) is 3.74. The van der Waals surface area contributed by atoms with E-state index in [-0.39, 0.29) is 17.1 Å². The minimum Gasteiger partial charge on any atom is -0.476 e. The molecule has 0 radical (unpaired) electrons. The monoisotopic (exact) mass is 246 g/mol. The van der Waals surface area contributed by atoms with Crippen molar-refractivity contribution in [3.63, 3.8) is 0 Å². The number of aromatic nitrogens is 1. The van der Waals surface area contributed by atoms with Crippen molar-refractivity contribution in [3.8, 4) is 6.07 Å². The van der Waals surface area contributed by atoms with Gasteiger partial charge in [0.1, 0.15) is 11.8 Å². The van der Waals surface area contributed by atoms with Gasteiger partial charge in [-0.3, -0.25) is 0 Å². The molecule has 7 heteroatoms. The van der Waals surface area contributed by atoms with Gasteiger partial charge in [-0.2, -0.15) is 5.26 Å². The van der Waals surface area contributed by atoms with E-state index in [0.717, 1.165) is 6.07 Å². The molecule has 4 nitrogen and oxygen atoms in total. The molecule has 1 heterocycles. The van der Waals surface area contributed by atoms with E-state index in [4.69, 9.17) is 22.0 Å². The Morgan fingerprint density at radius 1 is 1.69 bits per heavy atom. The van der Waals surface area contributed by atoms with Crippen LogP contribution in [0.5, 0.6) is 0 Å². The molecule has 0 aliphatic carbocycles. The van der Waals surface area contributed by atoms with Crippen LogP contribution in [0, 0.1) is 11.3 Å². The second-order valence-electron chi connectivity index (χ2n) is 2.78. The molecule has 84 valence electrons. The first-order chi connectivity index (χ1) is 7.51. The minimum absolute atomic E-state index is 0.0967. The molecule has 1 aromatic rings. The largest absolute Gasteiger partial charge is 0.476 e. The van der Waals surface area contributed by atoms with Crippen molar-refractivity contribution >= 4 is 17.6 Å². The zero-order chi connectivity index (χ0) is 12.3. The number of rotatable bonds is 3. The van der Waals surface area contributed by atoms with Crippen LogP contribution < -0.4 is 0 Å². The summed E-state index contributed by atoms with van der Waals surface area (Å²) in [4.78, 5) is 14.0. The Morgan fingerprint density at radius 2 is 2.31 bits per heavy atom. The van der Waals surface area contributed by atoms with Crippen molar-refractivity contribution in [1.29, 1.82) is 5.26 Å². The second kappa shape index (κ2) is 4.86. The van der Waals surface area contributed by atoms with Gasteiger partial charge in [0.2, 0.25) is 0 Å². The number of nitrogens with zero attached hydrogens (tertiary/aromatic N) is 2. The fourth-order valence-corrected chi connectivity index (χ4v) is 1.40. The first kappa shape index (κ1) is 12.3. The zero-order valence-corrected chi connectivity index (χ0v) is 8.50. The van der Waals surface area contributed by atoms with Crippen molar-refractivity contribution in [2.75, 3.05) is 0 Å². The average molecular weight is 247 g/mol. The predicted molar refractivity (Wildman–Crippen MR) is 50.4 cm³/mol. The fourth-order valence-electron chi connectivity index (χ4n) is 1.18. The summed E-state index contributed by atoms with van der Waals surface area (Å²) in [7, 11) is 0. The summed E-state index contributed by atoms with van der Waals surface area (Å²) >= 11 is 5.42. The predicted octanol–water partition coefficient (Wildman–Crippen LogP) is 2.33. The number of carboxylic acid groups (broad SMARTS) is 1. The molecule has 0 unspecified atom stereocenters. The van der Waals surface area contributed by atoms with Crippen LogP contribution in [-0.2, 0) is 5.88 Å². The number of carbonyl (C=O) groups is 1. The van der Waals surface area contributed by atoms with Gasteiger partial charge < -0.3 is 5.11 Å². The first-order valence-electron chi connectivity index (χ1n) is 4.02. The van der Waals surface area contributed by atoms with E-state index in [0.29, 0.717) is 0 Å². The summed E-state index contributed by atoms with van der Waals surface area (Å²) < 4.78 is 25.3. The molecule has 0 fully saturated rings. The molecule has 1 aromatic heterocycles. The number of carboxylic acids is 1. The van der Waals surface area contributed by atoms with Gasteiger partial charge in [0, 0.05) is 5.88 Å². The number of pyridine rings is 1. The highest BCUT2D eigenvalue weighted by Gasteiger charge is 2.24. The van der Waals surface area contributed by atoms with Crippen molar-refractivity contribution in [1.82, 2.24) is 4.98 Å². The number of alkyl halides is 3. The van der Waals surface area contributed by atoms with Gasteiger partial charge in [-0.25, -0.2) is 18.6 Å². The molecule has 0 aliphatic rings. The third kappa shape index (κ3) is 2.25. The highest BCUT2D eigenvalue weighted by molar-refractivity contribution is 6.17. The molecule has 0 saturated heterocycles. The van der Waals surface area contributed by atoms with Crippen molar-refractivity contribution in [2.45, 2.75) is 12.3 Å². The summed E-state index contributed by atoms with van der Waals surface area (Å²) in [5.41, 5.74) is -1.91. The highest BCUT2D eigenvalue weighted by Crippen LogP contribution is 2.27. The molecule has 16 heavy (non-hydrogen) atoms. The summed E-state index contributed by atoms with van der Waals surface area (Å²) in [5.74, 6) is -1.92. The lowest BCUT2D eigenvalue weighted by Crippen LogP contribution is -2.10. The van der Waals surface area contributed by atoms with Gasteiger partial charge in [-0.15, -0.1) is 11.6 Å². The zero-order valence-electron chi connectivity index (χ0n) is 7.75. The molecular formula is C9H5ClF2N2O2. The molecule has 0 saturated carbocycles. The van der Waals surface area contributed by atoms with Gasteiger partial charge in [0.25, 0.3) is 6.43 Å². The SMILES string of the molecule is N#Cc1cc(CCl)c(C(F)F)c(C(=O)O)n1. The summed E-state index contributed by atoms with van der Waals surface area (Å²) in [5, 5.41) is 17.3. The Hall–Kier alpha value is -1.74. The summed E-state index contributed by atoms with van der Waals surface area (Å²) in [6.07, 6.45) is -3.00. The van der Waals surface area contributed by atoms with E-state index in [9.17, 15) is 13.6 Å². The second-order valence-corrected chi connectivity index (χ2v) is 3.05. The molecule has 0 aromatic carbocycles. The van der Waals surface area contributed by atoms with E-state index in [1.807, 2.05) is 0 Å². The molecule has 0 atom stereocenters. The van der Waals surface area contributed by atoms with Crippen LogP contribution in [0.15, 0.2) is 6.07 Å². The normalized spacial score (nSPS) is 10.2. The van der Waals surface area contributed by atoms with Gasteiger partial charge in [0.15, 0.2) is 5.69 Å². The summed E-state index contributed by atoms with van der Waals surface area (Å²) in [6, 6.07) is 2.64. The van der Waals surface area contributed by atoms with Crippen LogP contribution in [0.25, 0.3) is 0 Å². The Morgan fingerprint density at radius 3 is 2.69 bits per heavy atom. The van der Waals surface area contributed by atoms with Gasteiger partial charge in [0.05, 0.1) is 5.56 Å². The van der Waals surface area contributed by atoms with Gasteiger partial charge >= 0.3 is 5.97 Å². The molecule has 1 rings (SSSR count). The van der Waals surface area contributed by atoms with E-state index in [1.165, 1.54) is 0 Å². The smallest absolute Gasteiger partial charge is 0.355 e. The summed E-state index contributed by atoms with van der Waals surface area (Å²) in [6.45, 7) is 0. The van der Waals surface area contributed by atoms with Gasteiger partial charge in [-0.05, 0) is 11.6 Å². The van der Waals surface area contributed by atoms with Crippen LogP contribution in [-0.4, -0.2) is 16.1 Å². The number of halogens is 3. The first-order valence-corrected chi connectivity index (χ1v) is 4.56. The van der Waals surface area contributed by atoms with Gasteiger partial charge in [-0.1, -0.05) is 0 Å². The Balaban J connectivity index is 3.55. The lowest BCUT2D eigenvalue weighted by Gasteiger charge is -2.09. The topological polar surface area (TPSA) is 74.0 Å². The number of hydrogen-bond acceptors (Lipinski definition) is 3.